The number of amidine groups is 1. The van der Waals surface area contributed by atoms with Crippen LogP contribution in [0, 0.1) is 11.3 Å². The molecule has 14 heavy (non-hydrogen) atoms. The highest BCUT2D eigenvalue weighted by Gasteiger charge is 2.38. The van der Waals surface area contributed by atoms with Crippen LogP contribution in [0.5, 0.6) is 0 Å². The van der Waals surface area contributed by atoms with Gasteiger partial charge in [-0.3, -0.25) is 4.90 Å². The van der Waals surface area contributed by atoms with Crippen molar-refractivity contribution in [3.63, 3.8) is 0 Å². The molecule has 0 bridgehead atoms. The largest absolute Gasteiger partial charge is 0.409 e. The van der Waals surface area contributed by atoms with E-state index in [-0.39, 0.29) is 23.8 Å². The fraction of sp³-hybridized carbons (Fsp3) is 0.889. The molecule has 1 aliphatic heterocycles. The van der Waals surface area contributed by atoms with Crippen LogP contribution in [-0.2, 0) is 0 Å². The normalized spacial score (nSPS) is 28.2. The maximum absolute atomic E-state index is 9.17. The van der Waals surface area contributed by atoms with E-state index in [1.807, 2.05) is 0 Å². The zero-order valence-corrected chi connectivity index (χ0v) is 8.77. The summed E-state index contributed by atoms with van der Waals surface area (Å²) in [7, 11) is 0. The van der Waals surface area contributed by atoms with Crippen LogP contribution < -0.4 is 5.73 Å². The molecule has 82 valence electrons. The number of likely N-dealkylation sites (tertiary alicyclic amines) is 1. The third-order valence-electron chi connectivity index (χ3n) is 2.95. The van der Waals surface area contributed by atoms with Crippen LogP contribution in [0.2, 0.25) is 0 Å². The fourth-order valence-electron chi connectivity index (χ4n) is 2.01. The topological polar surface area (TPSA) is 82.1 Å². The van der Waals surface area contributed by atoms with Gasteiger partial charge in [-0.15, -0.1) is 0 Å². The third kappa shape index (κ3) is 2.36. The number of hydrogen-bond donors (Lipinski definition) is 3. The van der Waals surface area contributed by atoms with Gasteiger partial charge in [-0.25, -0.2) is 0 Å². The van der Waals surface area contributed by atoms with Gasteiger partial charge >= 0.3 is 0 Å². The Hall–Kier alpha value is -0.810. The second-order valence-electron chi connectivity index (χ2n) is 4.63. The Morgan fingerprint density at radius 2 is 2.29 bits per heavy atom. The minimum atomic E-state index is 0.102. The molecule has 0 aromatic rings. The monoisotopic (exact) mass is 201 g/mol. The molecular formula is C9H19N3O2. The standard InChI is InChI=1S/C9H19N3O2/c1-9(2)6-12(3-7(9)5-13)4-8(10)11-14/h7,13-14H,3-6H2,1-2H3,(H2,10,11)/t7-/m0/s1. The van der Waals surface area contributed by atoms with E-state index in [9.17, 15) is 5.11 Å². The van der Waals surface area contributed by atoms with Crippen molar-refractivity contribution >= 4 is 5.84 Å². The smallest absolute Gasteiger partial charge is 0.153 e. The van der Waals surface area contributed by atoms with Gasteiger partial charge in [0.15, 0.2) is 5.84 Å². The Morgan fingerprint density at radius 1 is 1.64 bits per heavy atom. The van der Waals surface area contributed by atoms with Crippen LogP contribution in [0.1, 0.15) is 13.8 Å². The van der Waals surface area contributed by atoms with Crippen molar-refractivity contribution in [1.29, 1.82) is 0 Å². The molecule has 0 radical (unpaired) electrons. The lowest BCUT2D eigenvalue weighted by atomic mass is 9.83. The van der Waals surface area contributed by atoms with Crippen LogP contribution in [0.15, 0.2) is 5.16 Å². The van der Waals surface area contributed by atoms with E-state index in [0.29, 0.717) is 6.54 Å². The van der Waals surface area contributed by atoms with Gasteiger partial charge < -0.3 is 16.0 Å². The Labute approximate surface area is 84.2 Å². The van der Waals surface area contributed by atoms with Crippen LogP contribution in [0.25, 0.3) is 0 Å². The predicted molar refractivity (Wildman–Crippen MR) is 54.2 cm³/mol. The van der Waals surface area contributed by atoms with Gasteiger partial charge in [-0.05, 0) is 5.41 Å². The average Bonchev–Trinajstić information content (AvgIpc) is 2.39. The predicted octanol–water partition coefficient (Wildman–Crippen LogP) is -0.317. The molecule has 1 heterocycles. The molecule has 0 saturated carbocycles. The summed E-state index contributed by atoms with van der Waals surface area (Å²) >= 11 is 0. The van der Waals surface area contributed by atoms with E-state index >= 15 is 0 Å². The van der Waals surface area contributed by atoms with E-state index in [2.05, 4.69) is 23.9 Å². The molecule has 5 heteroatoms. The average molecular weight is 201 g/mol. The summed E-state index contributed by atoms with van der Waals surface area (Å²) in [5.41, 5.74) is 5.53. The molecule has 0 aromatic carbocycles. The number of rotatable bonds is 3. The van der Waals surface area contributed by atoms with E-state index in [0.717, 1.165) is 13.1 Å². The zero-order valence-electron chi connectivity index (χ0n) is 8.77. The molecule has 0 aromatic heterocycles. The molecule has 1 saturated heterocycles. The van der Waals surface area contributed by atoms with E-state index in [1.54, 1.807) is 0 Å². The molecule has 1 aliphatic rings. The molecule has 1 rings (SSSR count). The van der Waals surface area contributed by atoms with Gasteiger partial charge in [0.2, 0.25) is 0 Å². The van der Waals surface area contributed by atoms with Gasteiger partial charge in [0.05, 0.1) is 6.54 Å². The number of aliphatic hydroxyl groups excluding tert-OH is 1. The second kappa shape index (κ2) is 4.14. The number of aliphatic hydroxyl groups is 1. The molecular weight excluding hydrogens is 182 g/mol. The van der Waals surface area contributed by atoms with Crippen LogP contribution in [0.3, 0.4) is 0 Å². The highest BCUT2D eigenvalue weighted by molar-refractivity contribution is 5.81. The van der Waals surface area contributed by atoms with Gasteiger partial charge in [-0.1, -0.05) is 19.0 Å². The summed E-state index contributed by atoms with van der Waals surface area (Å²) in [4.78, 5) is 2.09. The van der Waals surface area contributed by atoms with Gasteiger partial charge in [0.1, 0.15) is 0 Å². The summed E-state index contributed by atoms with van der Waals surface area (Å²) < 4.78 is 0. The summed E-state index contributed by atoms with van der Waals surface area (Å²) in [6.45, 7) is 6.59. The van der Waals surface area contributed by atoms with Crippen molar-refractivity contribution < 1.29 is 10.3 Å². The summed E-state index contributed by atoms with van der Waals surface area (Å²) in [5, 5.41) is 20.5. The van der Waals surface area contributed by atoms with E-state index in [4.69, 9.17) is 10.9 Å². The maximum Gasteiger partial charge on any atom is 0.153 e. The maximum atomic E-state index is 9.17. The first-order chi connectivity index (χ1) is 6.49. The summed E-state index contributed by atoms with van der Waals surface area (Å²) in [5.74, 6) is 0.494. The van der Waals surface area contributed by atoms with Crippen molar-refractivity contribution in [3.05, 3.63) is 0 Å². The first-order valence-corrected chi connectivity index (χ1v) is 4.79. The minimum Gasteiger partial charge on any atom is -0.409 e. The quantitative estimate of drug-likeness (QED) is 0.253. The van der Waals surface area contributed by atoms with Crippen molar-refractivity contribution in [2.45, 2.75) is 13.8 Å². The van der Waals surface area contributed by atoms with Crippen LogP contribution in [0.4, 0.5) is 0 Å². The van der Waals surface area contributed by atoms with Crippen LogP contribution in [-0.4, -0.2) is 47.3 Å². The number of nitrogens with two attached hydrogens (primary N) is 1. The molecule has 0 amide bonds. The highest BCUT2D eigenvalue weighted by atomic mass is 16.4. The Kier molecular flexibility index (Phi) is 3.34. The highest BCUT2D eigenvalue weighted by Crippen LogP contribution is 2.34. The number of oxime groups is 1. The molecule has 1 fully saturated rings. The lowest BCUT2D eigenvalue weighted by Gasteiger charge is -2.23. The molecule has 4 N–H and O–H groups in total. The first-order valence-electron chi connectivity index (χ1n) is 4.79. The second-order valence-corrected chi connectivity index (χ2v) is 4.63. The van der Waals surface area contributed by atoms with Crippen LogP contribution >= 0.6 is 0 Å². The van der Waals surface area contributed by atoms with E-state index < -0.39 is 0 Å². The van der Waals surface area contributed by atoms with Crippen molar-refractivity contribution in [2.75, 3.05) is 26.2 Å². The molecule has 0 aliphatic carbocycles. The molecule has 1 atom stereocenters. The van der Waals surface area contributed by atoms with Crippen molar-refractivity contribution in [2.24, 2.45) is 22.2 Å². The Balaban J connectivity index is 2.54. The zero-order chi connectivity index (χ0) is 10.8. The SMILES string of the molecule is CC1(C)CN(CC(N)=NO)C[C@H]1CO. The lowest BCUT2D eigenvalue weighted by molar-refractivity contribution is 0.161. The Bertz CT molecular complexity index is 228. The third-order valence-corrected chi connectivity index (χ3v) is 2.95. The molecule has 0 unspecified atom stereocenters. The van der Waals surface area contributed by atoms with Crippen molar-refractivity contribution in [3.8, 4) is 0 Å². The van der Waals surface area contributed by atoms with E-state index in [1.165, 1.54) is 0 Å². The molecule has 5 nitrogen and oxygen atoms in total. The van der Waals surface area contributed by atoms with Crippen molar-refractivity contribution in [1.82, 2.24) is 4.90 Å². The Morgan fingerprint density at radius 3 is 2.71 bits per heavy atom. The number of hydrogen-bond acceptors (Lipinski definition) is 4. The van der Waals surface area contributed by atoms with Gasteiger partial charge in [0, 0.05) is 25.6 Å². The summed E-state index contributed by atoms with van der Waals surface area (Å²) in [6.07, 6.45) is 0. The van der Waals surface area contributed by atoms with Gasteiger partial charge in [0.25, 0.3) is 0 Å². The fourth-order valence-corrected chi connectivity index (χ4v) is 2.01. The minimum absolute atomic E-state index is 0.102. The first kappa shape index (κ1) is 11.3. The van der Waals surface area contributed by atoms with Gasteiger partial charge in [-0.2, -0.15) is 0 Å². The lowest BCUT2D eigenvalue weighted by Crippen LogP contribution is -2.33. The number of nitrogens with zero attached hydrogens (tertiary/aromatic N) is 2. The molecule has 0 spiro atoms. The summed E-state index contributed by atoms with van der Waals surface area (Å²) in [6, 6.07) is 0.